The van der Waals surface area contributed by atoms with Crippen molar-refractivity contribution in [2.24, 2.45) is 5.92 Å². The predicted molar refractivity (Wildman–Crippen MR) is 98.1 cm³/mol. The summed E-state index contributed by atoms with van der Waals surface area (Å²) >= 11 is 5.81. The van der Waals surface area contributed by atoms with Crippen LogP contribution >= 0.6 is 11.6 Å². The van der Waals surface area contributed by atoms with E-state index >= 15 is 0 Å². The summed E-state index contributed by atoms with van der Waals surface area (Å²) in [4.78, 5) is 14.0. The van der Waals surface area contributed by atoms with Gasteiger partial charge in [-0.15, -0.1) is 0 Å². The third kappa shape index (κ3) is 3.92. The molecule has 138 valence electrons. The highest BCUT2D eigenvalue weighted by molar-refractivity contribution is 6.30. The summed E-state index contributed by atoms with van der Waals surface area (Å²) in [6, 6.07) is 9.24. The minimum atomic E-state index is -0.702. The number of carbonyl (C=O) groups excluding carboxylic acids is 1. The molecule has 3 N–H and O–H groups in total. The fourth-order valence-corrected chi connectivity index (χ4v) is 3.00. The minimum absolute atomic E-state index is 0.0970. The molecule has 0 saturated carbocycles. The van der Waals surface area contributed by atoms with Crippen molar-refractivity contribution < 1.29 is 19.4 Å². The molecule has 2 aromatic carbocycles. The first kappa shape index (κ1) is 18.5. The Labute approximate surface area is 156 Å². The molecule has 1 aliphatic rings. The third-order valence-corrected chi connectivity index (χ3v) is 4.86. The number of aromatic hydroxyl groups is 1. The van der Waals surface area contributed by atoms with Gasteiger partial charge in [-0.05, 0) is 30.7 Å². The summed E-state index contributed by atoms with van der Waals surface area (Å²) in [5.41, 5.74) is 0.940. The highest BCUT2D eigenvalue weighted by Gasteiger charge is 2.32. The molecule has 2 aromatic rings. The van der Waals surface area contributed by atoms with Crippen LogP contribution in [0.5, 0.6) is 5.75 Å². The number of benzene rings is 2. The molecule has 1 saturated heterocycles. The molecule has 1 unspecified atom stereocenters. The molecule has 1 atom stereocenters. The zero-order valence-corrected chi connectivity index (χ0v) is 15.0. The monoisotopic (exact) mass is 378 g/mol. The lowest BCUT2D eigenvalue weighted by molar-refractivity contribution is 0.0946. The Balaban J connectivity index is 1.67. The van der Waals surface area contributed by atoms with Gasteiger partial charge in [0.1, 0.15) is 11.6 Å². The van der Waals surface area contributed by atoms with Gasteiger partial charge in [-0.2, -0.15) is 0 Å². The molecule has 1 aliphatic heterocycles. The first-order valence-corrected chi connectivity index (χ1v) is 8.71. The summed E-state index contributed by atoms with van der Waals surface area (Å²) in [5, 5.41) is 22.9. The van der Waals surface area contributed by atoms with E-state index in [4.69, 9.17) is 11.6 Å². The van der Waals surface area contributed by atoms with Crippen LogP contribution in [0, 0.1) is 11.7 Å². The maximum absolute atomic E-state index is 14.4. The largest absolute Gasteiger partial charge is 0.506 e. The zero-order valence-electron chi connectivity index (χ0n) is 14.2. The van der Waals surface area contributed by atoms with Crippen LogP contribution in [0.3, 0.4) is 0 Å². The Bertz CT molecular complexity index is 805. The van der Waals surface area contributed by atoms with Crippen LogP contribution in [-0.2, 0) is 6.54 Å². The van der Waals surface area contributed by atoms with Crippen LogP contribution in [0.2, 0.25) is 5.02 Å². The van der Waals surface area contributed by atoms with Crippen molar-refractivity contribution in [3.63, 3.8) is 0 Å². The molecule has 0 radical (unpaired) electrons. The Morgan fingerprint density at radius 1 is 1.35 bits per heavy atom. The lowest BCUT2D eigenvalue weighted by Crippen LogP contribution is -2.51. The average Bonchev–Trinajstić information content (AvgIpc) is 2.55. The summed E-state index contributed by atoms with van der Waals surface area (Å²) in [5.74, 6) is -1.37. The number of amides is 1. The quantitative estimate of drug-likeness (QED) is 0.748. The number of halogens is 2. The van der Waals surface area contributed by atoms with Crippen LogP contribution < -0.4 is 10.2 Å². The van der Waals surface area contributed by atoms with Gasteiger partial charge in [-0.25, -0.2) is 4.39 Å². The average molecular weight is 379 g/mol. The number of phenols is 1. The minimum Gasteiger partial charge on any atom is -0.506 e. The number of nitrogens with one attached hydrogen (secondary N) is 1. The Morgan fingerprint density at radius 2 is 2.00 bits per heavy atom. The highest BCUT2D eigenvalue weighted by atomic mass is 35.5. The number of phenolic OH excluding ortho intramolecular Hbond substituents is 1. The first-order chi connectivity index (χ1) is 12.3. The molecule has 1 heterocycles. The predicted octanol–water partition coefficient (Wildman–Crippen LogP) is 2.93. The molecule has 1 amide bonds. The second kappa shape index (κ2) is 7.51. The molecular formula is C19H20ClFN2O3. The van der Waals surface area contributed by atoms with Crippen molar-refractivity contribution in [2.75, 3.05) is 18.0 Å². The maximum atomic E-state index is 14.4. The summed E-state index contributed by atoms with van der Waals surface area (Å²) < 4.78 is 14.4. The van der Waals surface area contributed by atoms with Gasteiger partial charge in [0, 0.05) is 36.6 Å². The van der Waals surface area contributed by atoms with Crippen molar-refractivity contribution in [1.29, 1.82) is 0 Å². The fourth-order valence-electron chi connectivity index (χ4n) is 2.87. The Kier molecular flexibility index (Phi) is 5.34. The van der Waals surface area contributed by atoms with Gasteiger partial charge in [0.05, 0.1) is 17.4 Å². The Morgan fingerprint density at radius 3 is 2.62 bits per heavy atom. The molecule has 5 nitrogen and oxygen atoms in total. The molecule has 26 heavy (non-hydrogen) atoms. The lowest BCUT2D eigenvalue weighted by atomic mass is 9.93. The second-order valence-corrected chi connectivity index (χ2v) is 6.97. The van der Waals surface area contributed by atoms with E-state index in [0.29, 0.717) is 23.8 Å². The Hall–Kier alpha value is -2.31. The molecule has 7 heteroatoms. The van der Waals surface area contributed by atoms with Gasteiger partial charge < -0.3 is 20.4 Å². The lowest BCUT2D eigenvalue weighted by Gasteiger charge is -2.42. The number of hydrogen-bond acceptors (Lipinski definition) is 4. The van der Waals surface area contributed by atoms with E-state index in [2.05, 4.69) is 5.32 Å². The number of aliphatic hydroxyl groups is 1. The standard InChI is InChI=1S/C19H20ClFN2O3/c1-11(24)13-9-23(10-13)17-7-16(21)15(6-18(17)25)19(26)22-8-12-2-4-14(20)5-3-12/h2-7,11,13,24-25H,8-10H2,1H3,(H,22,26). The van der Waals surface area contributed by atoms with E-state index in [1.165, 1.54) is 0 Å². The van der Waals surface area contributed by atoms with Gasteiger partial charge in [0.15, 0.2) is 0 Å². The van der Waals surface area contributed by atoms with Crippen LogP contribution in [0.15, 0.2) is 36.4 Å². The number of anilines is 1. The van der Waals surface area contributed by atoms with E-state index in [1.54, 1.807) is 36.1 Å². The van der Waals surface area contributed by atoms with Gasteiger partial charge in [0.2, 0.25) is 0 Å². The molecule has 1 fully saturated rings. The first-order valence-electron chi connectivity index (χ1n) is 8.33. The SMILES string of the molecule is CC(O)C1CN(c2cc(F)c(C(=O)NCc3ccc(Cl)cc3)cc2O)C1. The molecular weight excluding hydrogens is 359 g/mol. The number of rotatable bonds is 5. The van der Waals surface area contributed by atoms with Crippen LogP contribution in [-0.4, -0.2) is 35.3 Å². The number of hydrogen-bond donors (Lipinski definition) is 3. The summed E-state index contributed by atoms with van der Waals surface area (Å²) in [7, 11) is 0. The summed E-state index contributed by atoms with van der Waals surface area (Å²) in [6.45, 7) is 3.00. The van der Waals surface area contributed by atoms with E-state index in [1.807, 2.05) is 0 Å². The van der Waals surface area contributed by atoms with E-state index < -0.39 is 17.8 Å². The van der Waals surface area contributed by atoms with Crippen molar-refractivity contribution >= 4 is 23.2 Å². The topological polar surface area (TPSA) is 72.8 Å². The highest BCUT2D eigenvalue weighted by Crippen LogP contribution is 2.35. The van der Waals surface area contributed by atoms with Crippen molar-refractivity contribution in [2.45, 2.75) is 19.6 Å². The van der Waals surface area contributed by atoms with Crippen molar-refractivity contribution in [3.8, 4) is 5.75 Å². The van der Waals surface area contributed by atoms with Crippen LogP contribution in [0.4, 0.5) is 10.1 Å². The van der Waals surface area contributed by atoms with E-state index in [-0.39, 0.29) is 23.8 Å². The maximum Gasteiger partial charge on any atom is 0.254 e. The second-order valence-electron chi connectivity index (χ2n) is 6.54. The fraction of sp³-hybridized carbons (Fsp3) is 0.316. The van der Waals surface area contributed by atoms with E-state index in [9.17, 15) is 19.4 Å². The van der Waals surface area contributed by atoms with Crippen molar-refractivity contribution in [3.05, 3.63) is 58.4 Å². The third-order valence-electron chi connectivity index (χ3n) is 4.61. The molecule has 0 bridgehead atoms. The van der Waals surface area contributed by atoms with Crippen LogP contribution in [0.1, 0.15) is 22.8 Å². The smallest absolute Gasteiger partial charge is 0.254 e. The molecule has 0 aromatic heterocycles. The molecule has 0 spiro atoms. The van der Waals surface area contributed by atoms with Gasteiger partial charge >= 0.3 is 0 Å². The van der Waals surface area contributed by atoms with Gasteiger partial charge in [-0.1, -0.05) is 23.7 Å². The van der Waals surface area contributed by atoms with E-state index in [0.717, 1.165) is 17.7 Å². The number of aliphatic hydroxyl groups excluding tert-OH is 1. The zero-order chi connectivity index (χ0) is 18.8. The van der Waals surface area contributed by atoms with Gasteiger partial charge in [-0.3, -0.25) is 4.79 Å². The molecule has 0 aliphatic carbocycles. The normalized spacial score (nSPS) is 15.5. The van der Waals surface area contributed by atoms with Crippen molar-refractivity contribution in [1.82, 2.24) is 5.32 Å². The number of nitrogens with zero attached hydrogens (tertiary/aromatic N) is 1. The molecule has 3 rings (SSSR count). The van der Waals surface area contributed by atoms with Gasteiger partial charge in [0.25, 0.3) is 5.91 Å². The number of carbonyl (C=O) groups is 1. The van der Waals surface area contributed by atoms with Crippen LogP contribution in [0.25, 0.3) is 0 Å². The summed E-state index contributed by atoms with van der Waals surface area (Å²) in [6.07, 6.45) is -0.448.